The number of carbonyl (C=O) groups excluding carboxylic acids is 1. The summed E-state index contributed by atoms with van der Waals surface area (Å²) >= 11 is 0. The van der Waals surface area contributed by atoms with Crippen molar-refractivity contribution in [2.45, 2.75) is 33.8 Å². The van der Waals surface area contributed by atoms with Crippen LogP contribution in [0.3, 0.4) is 0 Å². The van der Waals surface area contributed by atoms with E-state index in [1.807, 2.05) is 13.8 Å². The summed E-state index contributed by atoms with van der Waals surface area (Å²) in [5.41, 5.74) is 6.16. The van der Waals surface area contributed by atoms with Crippen LogP contribution in [-0.2, 0) is 9.53 Å². The van der Waals surface area contributed by atoms with Crippen LogP contribution in [0.2, 0.25) is 0 Å². The highest BCUT2D eigenvalue weighted by Crippen LogP contribution is 2.26. The summed E-state index contributed by atoms with van der Waals surface area (Å²) in [6.45, 7) is 10.5. The van der Waals surface area contributed by atoms with Gasteiger partial charge in [0.15, 0.2) is 0 Å². The number of morpholine rings is 1. The lowest BCUT2D eigenvalue weighted by molar-refractivity contribution is -0.119. The number of nitrogens with one attached hydrogen (secondary N) is 2. The van der Waals surface area contributed by atoms with Crippen LogP contribution in [0.4, 0.5) is 5.69 Å². The summed E-state index contributed by atoms with van der Waals surface area (Å²) in [5, 5.41) is 9.96. The summed E-state index contributed by atoms with van der Waals surface area (Å²) < 4.78 is 5.95. The summed E-state index contributed by atoms with van der Waals surface area (Å²) in [6, 6.07) is 6.42. The van der Waals surface area contributed by atoms with Crippen molar-refractivity contribution in [1.29, 1.82) is 0 Å². The minimum atomic E-state index is -0.0196. The molecule has 2 heterocycles. The van der Waals surface area contributed by atoms with Crippen LogP contribution in [0.25, 0.3) is 0 Å². The number of amides is 1. The molecule has 1 fully saturated rings. The lowest BCUT2D eigenvalue weighted by Crippen LogP contribution is -2.42. The van der Waals surface area contributed by atoms with E-state index in [0.29, 0.717) is 13.2 Å². The first kappa shape index (κ1) is 17.6. The normalized spacial score (nSPS) is 18.3. The number of aryl methyl sites for hydroxylation is 4. The molecule has 0 radical (unpaired) electrons. The molecule has 25 heavy (non-hydrogen) atoms. The number of aromatic amines is 1. The molecule has 1 atom stereocenters. The van der Waals surface area contributed by atoms with Crippen LogP contribution in [0, 0.1) is 27.7 Å². The fraction of sp³-hybridized carbons (Fsp3) is 0.474. The SMILES string of the molecule is Cc1ccc([C@@H]2CN(CC(=O)Nc3c(C)n[nH]c3C)CCO2)c(C)c1. The maximum Gasteiger partial charge on any atom is 0.238 e. The molecule has 0 bridgehead atoms. The highest BCUT2D eigenvalue weighted by molar-refractivity contribution is 5.93. The Kier molecular flexibility index (Phi) is 5.20. The molecular formula is C19H26N4O2. The topological polar surface area (TPSA) is 70.2 Å². The number of hydrogen-bond donors (Lipinski definition) is 2. The molecule has 2 N–H and O–H groups in total. The second-order valence-corrected chi connectivity index (χ2v) is 6.81. The van der Waals surface area contributed by atoms with Crippen molar-refractivity contribution in [3.8, 4) is 0 Å². The van der Waals surface area contributed by atoms with Gasteiger partial charge in [-0.05, 0) is 38.8 Å². The Morgan fingerprint density at radius 2 is 2.16 bits per heavy atom. The van der Waals surface area contributed by atoms with Gasteiger partial charge in [-0.1, -0.05) is 23.8 Å². The van der Waals surface area contributed by atoms with Crippen molar-refractivity contribution < 1.29 is 9.53 Å². The number of anilines is 1. The van der Waals surface area contributed by atoms with Gasteiger partial charge in [-0.2, -0.15) is 5.10 Å². The van der Waals surface area contributed by atoms with Crippen molar-refractivity contribution >= 4 is 11.6 Å². The lowest BCUT2D eigenvalue weighted by atomic mass is 10.00. The number of benzene rings is 1. The number of nitrogens with zero attached hydrogens (tertiary/aromatic N) is 2. The molecule has 1 aromatic carbocycles. The highest BCUT2D eigenvalue weighted by atomic mass is 16.5. The van der Waals surface area contributed by atoms with Crippen LogP contribution >= 0.6 is 0 Å². The Balaban J connectivity index is 1.62. The summed E-state index contributed by atoms with van der Waals surface area (Å²) in [7, 11) is 0. The van der Waals surface area contributed by atoms with Gasteiger partial charge >= 0.3 is 0 Å². The molecule has 1 aromatic heterocycles. The Morgan fingerprint density at radius 3 is 2.84 bits per heavy atom. The average Bonchev–Trinajstić information content (AvgIpc) is 2.87. The van der Waals surface area contributed by atoms with Gasteiger partial charge in [-0.3, -0.25) is 14.8 Å². The molecule has 0 saturated carbocycles. The molecule has 1 aliphatic rings. The smallest absolute Gasteiger partial charge is 0.238 e. The van der Waals surface area contributed by atoms with E-state index in [-0.39, 0.29) is 12.0 Å². The van der Waals surface area contributed by atoms with E-state index >= 15 is 0 Å². The number of aromatic nitrogens is 2. The Bertz CT molecular complexity index is 749. The van der Waals surface area contributed by atoms with E-state index < -0.39 is 0 Å². The van der Waals surface area contributed by atoms with E-state index in [0.717, 1.165) is 30.2 Å². The lowest BCUT2D eigenvalue weighted by Gasteiger charge is -2.33. The molecule has 3 rings (SSSR count). The van der Waals surface area contributed by atoms with Crippen molar-refractivity contribution in [1.82, 2.24) is 15.1 Å². The van der Waals surface area contributed by atoms with Gasteiger partial charge in [0, 0.05) is 13.1 Å². The first-order valence-electron chi connectivity index (χ1n) is 8.66. The highest BCUT2D eigenvalue weighted by Gasteiger charge is 2.25. The molecule has 134 valence electrons. The van der Waals surface area contributed by atoms with Crippen molar-refractivity contribution in [3.63, 3.8) is 0 Å². The summed E-state index contributed by atoms with van der Waals surface area (Å²) in [4.78, 5) is 14.5. The van der Waals surface area contributed by atoms with E-state index in [4.69, 9.17) is 4.74 Å². The number of ether oxygens (including phenoxy) is 1. The van der Waals surface area contributed by atoms with Gasteiger partial charge in [-0.25, -0.2) is 0 Å². The number of hydrogen-bond acceptors (Lipinski definition) is 4. The van der Waals surface area contributed by atoms with E-state index in [1.54, 1.807) is 0 Å². The van der Waals surface area contributed by atoms with Crippen molar-refractivity contribution in [2.24, 2.45) is 0 Å². The minimum Gasteiger partial charge on any atom is -0.371 e. The molecule has 0 spiro atoms. The third-order valence-electron chi connectivity index (χ3n) is 4.68. The third kappa shape index (κ3) is 4.08. The number of carbonyl (C=O) groups is 1. The number of rotatable bonds is 4. The molecule has 0 aliphatic carbocycles. The summed E-state index contributed by atoms with van der Waals surface area (Å²) in [5.74, 6) is -0.0196. The van der Waals surface area contributed by atoms with Crippen LogP contribution in [0.1, 0.15) is 34.2 Å². The zero-order chi connectivity index (χ0) is 18.0. The maximum absolute atomic E-state index is 12.4. The average molecular weight is 342 g/mol. The van der Waals surface area contributed by atoms with Gasteiger partial charge in [0.1, 0.15) is 0 Å². The van der Waals surface area contributed by atoms with E-state index in [2.05, 4.69) is 52.5 Å². The molecule has 1 amide bonds. The molecular weight excluding hydrogens is 316 g/mol. The van der Waals surface area contributed by atoms with Crippen LogP contribution in [0.5, 0.6) is 0 Å². The van der Waals surface area contributed by atoms with Gasteiger partial charge < -0.3 is 10.1 Å². The second-order valence-electron chi connectivity index (χ2n) is 6.81. The molecule has 1 saturated heterocycles. The van der Waals surface area contributed by atoms with Crippen LogP contribution in [-0.4, -0.2) is 47.2 Å². The molecule has 0 unspecified atom stereocenters. The monoisotopic (exact) mass is 342 g/mol. The Labute approximate surface area is 148 Å². The van der Waals surface area contributed by atoms with E-state index in [1.165, 1.54) is 16.7 Å². The van der Waals surface area contributed by atoms with Gasteiger partial charge in [0.25, 0.3) is 0 Å². The molecule has 1 aliphatic heterocycles. The van der Waals surface area contributed by atoms with Crippen molar-refractivity contribution in [2.75, 3.05) is 31.6 Å². The van der Waals surface area contributed by atoms with Gasteiger partial charge in [-0.15, -0.1) is 0 Å². The minimum absolute atomic E-state index is 0.0135. The third-order valence-corrected chi connectivity index (χ3v) is 4.68. The largest absolute Gasteiger partial charge is 0.371 e. The standard InChI is InChI=1S/C19H26N4O2/c1-12-5-6-16(13(2)9-12)17-10-23(7-8-25-17)11-18(24)20-19-14(3)21-22-15(19)4/h5-6,9,17H,7-8,10-11H2,1-4H3,(H,20,24)(H,21,22)/t17-/m0/s1. The van der Waals surface area contributed by atoms with Crippen LogP contribution < -0.4 is 5.32 Å². The summed E-state index contributed by atoms with van der Waals surface area (Å²) in [6.07, 6.45) is 0.0135. The zero-order valence-electron chi connectivity index (χ0n) is 15.3. The predicted molar refractivity (Wildman–Crippen MR) is 97.7 cm³/mol. The van der Waals surface area contributed by atoms with Gasteiger partial charge in [0.05, 0.1) is 36.3 Å². The number of H-pyrrole nitrogens is 1. The molecule has 2 aromatic rings. The second kappa shape index (κ2) is 7.37. The first-order chi connectivity index (χ1) is 11.9. The first-order valence-corrected chi connectivity index (χ1v) is 8.66. The fourth-order valence-electron chi connectivity index (χ4n) is 3.34. The maximum atomic E-state index is 12.4. The van der Waals surface area contributed by atoms with Crippen LogP contribution in [0.15, 0.2) is 18.2 Å². The quantitative estimate of drug-likeness (QED) is 0.896. The van der Waals surface area contributed by atoms with E-state index in [9.17, 15) is 4.79 Å². The predicted octanol–water partition coefficient (Wildman–Crippen LogP) is 2.66. The molecule has 6 nitrogen and oxygen atoms in total. The Morgan fingerprint density at radius 1 is 1.36 bits per heavy atom. The molecule has 6 heteroatoms. The Hall–Kier alpha value is -2.18. The fourth-order valence-corrected chi connectivity index (χ4v) is 3.34. The van der Waals surface area contributed by atoms with Gasteiger partial charge in [0.2, 0.25) is 5.91 Å². The zero-order valence-corrected chi connectivity index (χ0v) is 15.3. The van der Waals surface area contributed by atoms with Crippen molar-refractivity contribution in [3.05, 3.63) is 46.3 Å².